The Hall–Kier alpha value is -0.610. The lowest BCUT2D eigenvalue weighted by Gasteiger charge is -2.26. The van der Waals surface area contributed by atoms with Crippen LogP contribution < -0.4 is 10.6 Å². The number of amides is 1. The molecular weight excluding hydrogens is 178 g/mol. The molecule has 1 aliphatic heterocycles. The van der Waals surface area contributed by atoms with E-state index in [0.717, 1.165) is 45.6 Å². The molecule has 4 heteroatoms. The Balaban J connectivity index is 2.06. The molecule has 1 fully saturated rings. The number of hydrogen-bond donors (Lipinski definition) is 2. The lowest BCUT2D eigenvalue weighted by atomic mass is 10.3. The number of unbranched alkanes of at least 4 members (excludes halogenated alkanes) is 1. The topological polar surface area (TPSA) is 44.4 Å². The van der Waals surface area contributed by atoms with Crippen LogP contribution in [0.15, 0.2) is 0 Å². The van der Waals surface area contributed by atoms with Crippen molar-refractivity contribution >= 4 is 5.91 Å². The molecule has 2 N–H and O–H groups in total. The zero-order valence-electron chi connectivity index (χ0n) is 9.01. The summed E-state index contributed by atoms with van der Waals surface area (Å²) in [6.45, 7) is 7.49. The van der Waals surface area contributed by atoms with Crippen LogP contribution in [0.4, 0.5) is 0 Å². The molecule has 0 aromatic rings. The van der Waals surface area contributed by atoms with E-state index in [-0.39, 0.29) is 5.91 Å². The molecule has 82 valence electrons. The quantitative estimate of drug-likeness (QED) is 0.603. The molecule has 1 amide bonds. The van der Waals surface area contributed by atoms with E-state index in [2.05, 4.69) is 22.5 Å². The first kappa shape index (κ1) is 11.5. The van der Waals surface area contributed by atoms with Gasteiger partial charge in [0.25, 0.3) is 0 Å². The van der Waals surface area contributed by atoms with Crippen molar-refractivity contribution < 1.29 is 4.79 Å². The maximum absolute atomic E-state index is 11.4. The third kappa shape index (κ3) is 4.58. The molecule has 0 aromatic heterocycles. The Morgan fingerprint density at radius 3 is 2.79 bits per heavy atom. The molecule has 0 spiro atoms. The Bertz CT molecular complexity index is 167. The number of hydrogen-bond acceptors (Lipinski definition) is 3. The van der Waals surface area contributed by atoms with E-state index in [1.807, 2.05) is 0 Å². The van der Waals surface area contributed by atoms with E-state index in [9.17, 15) is 4.79 Å². The number of carbonyl (C=O) groups is 1. The highest BCUT2D eigenvalue weighted by Gasteiger charge is 2.12. The number of nitrogens with zero attached hydrogens (tertiary/aromatic N) is 1. The summed E-state index contributed by atoms with van der Waals surface area (Å²) < 4.78 is 0. The van der Waals surface area contributed by atoms with Gasteiger partial charge in [0.05, 0.1) is 6.54 Å². The van der Waals surface area contributed by atoms with Gasteiger partial charge in [0.1, 0.15) is 0 Å². The molecule has 4 nitrogen and oxygen atoms in total. The van der Waals surface area contributed by atoms with Crippen LogP contribution in [0.5, 0.6) is 0 Å². The number of nitrogens with one attached hydrogen (secondary N) is 2. The van der Waals surface area contributed by atoms with Crippen molar-refractivity contribution in [3.63, 3.8) is 0 Å². The van der Waals surface area contributed by atoms with Crippen molar-refractivity contribution in [2.45, 2.75) is 19.8 Å². The average molecular weight is 199 g/mol. The molecule has 0 saturated carbocycles. The number of piperazine rings is 1. The van der Waals surface area contributed by atoms with Gasteiger partial charge in [-0.05, 0) is 6.42 Å². The second kappa shape index (κ2) is 6.79. The van der Waals surface area contributed by atoms with Crippen molar-refractivity contribution in [2.24, 2.45) is 0 Å². The van der Waals surface area contributed by atoms with Crippen LogP contribution in [0.1, 0.15) is 19.8 Å². The first-order chi connectivity index (χ1) is 6.83. The summed E-state index contributed by atoms with van der Waals surface area (Å²) in [4.78, 5) is 13.6. The zero-order chi connectivity index (χ0) is 10.2. The first-order valence-electron chi connectivity index (χ1n) is 5.52. The fourth-order valence-electron chi connectivity index (χ4n) is 1.53. The molecule has 14 heavy (non-hydrogen) atoms. The summed E-state index contributed by atoms with van der Waals surface area (Å²) in [5, 5.41) is 6.20. The van der Waals surface area contributed by atoms with Gasteiger partial charge in [0, 0.05) is 32.7 Å². The van der Waals surface area contributed by atoms with E-state index < -0.39 is 0 Å². The smallest absolute Gasteiger partial charge is 0.234 e. The Kier molecular flexibility index (Phi) is 5.56. The number of rotatable bonds is 5. The van der Waals surface area contributed by atoms with Gasteiger partial charge in [-0.15, -0.1) is 0 Å². The molecule has 0 aliphatic carbocycles. The lowest BCUT2D eigenvalue weighted by Crippen LogP contribution is -2.47. The standard InChI is InChI=1S/C10H21N3O/c1-2-3-4-12-10(14)9-13-7-5-11-6-8-13/h11H,2-9H2,1H3,(H,12,14). The summed E-state index contributed by atoms with van der Waals surface area (Å²) in [6.07, 6.45) is 2.21. The fourth-order valence-corrected chi connectivity index (χ4v) is 1.53. The van der Waals surface area contributed by atoms with Gasteiger partial charge in [-0.3, -0.25) is 9.69 Å². The van der Waals surface area contributed by atoms with Gasteiger partial charge >= 0.3 is 0 Å². The zero-order valence-corrected chi connectivity index (χ0v) is 9.01. The molecule has 0 atom stereocenters. The van der Waals surface area contributed by atoms with Gasteiger partial charge in [-0.1, -0.05) is 13.3 Å². The second-order valence-corrected chi connectivity index (χ2v) is 3.73. The van der Waals surface area contributed by atoms with Crippen LogP contribution in [0.3, 0.4) is 0 Å². The SMILES string of the molecule is CCCCNC(=O)CN1CCNCC1. The third-order valence-corrected chi connectivity index (χ3v) is 2.43. The Labute approximate surface area is 86.0 Å². The maximum atomic E-state index is 11.4. The van der Waals surface area contributed by atoms with Gasteiger partial charge in [0.2, 0.25) is 5.91 Å². The van der Waals surface area contributed by atoms with E-state index in [1.165, 1.54) is 0 Å². The molecule has 1 aliphatic rings. The van der Waals surface area contributed by atoms with Crippen molar-refractivity contribution in [1.82, 2.24) is 15.5 Å². The summed E-state index contributed by atoms with van der Waals surface area (Å²) in [6, 6.07) is 0. The minimum atomic E-state index is 0.167. The van der Waals surface area contributed by atoms with E-state index >= 15 is 0 Å². The normalized spacial score (nSPS) is 18.1. The monoisotopic (exact) mass is 199 g/mol. The van der Waals surface area contributed by atoms with Crippen LogP contribution >= 0.6 is 0 Å². The van der Waals surface area contributed by atoms with E-state index in [1.54, 1.807) is 0 Å². The highest BCUT2D eigenvalue weighted by molar-refractivity contribution is 5.77. The lowest BCUT2D eigenvalue weighted by molar-refractivity contribution is -0.122. The Morgan fingerprint density at radius 1 is 1.43 bits per heavy atom. The average Bonchev–Trinajstić information content (AvgIpc) is 2.20. The van der Waals surface area contributed by atoms with Gasteiger partial charge in [-0.2, -0.15) is 0 Å². The van der Waals surface area contributed by atoms with Crippen molar-refractivity contribution in [2.75, 3.05) is 39.3 Å². The van der Waals surface area contributed by atoms with Crippen LogP contribution in [0.25, 0.3) is 0 Å². The van der Waals surface area contributed by atoms with Crippen molar-refractivity contribution in [3.05, 3.63) is 0 Å². The number of carbonyl (C=O) groups excluding carboxylic acids is 1. The fraction of sp³-hybridized carbons (Fsp3) is 0.900. The molecule has 0 unspecified atom stereocenters. The molecule has 0 bridgehead atoms. The summed E-state index contributed by atoms with van der Waals surface area (Å²) >= 11 is 0. The molecule has 0 radical (unpaired) electrons. The van der Waals surface area contributed by atoms with Crippen LogP contribution in [0.2, 0.25) is 0 Å². The molecule has 1 rings (SSSR count). The van der Waals surface area contributed by atoms with Crippen LogP contribution in [-0.2, 0) is 4.79 Å². The minimum absolute atomic E-state index is 0.167. The predicted molar refractivity (Wildman–Crippen MR) is 57.2 cm³/mol. The minimum Gasteiger partial charge on any atom is -0.355 e. The highest BCUT2D eigenvalue weighted by atomic mass is 16.2. The Morgan fingerprint density at radius 2 is 2.14 bits per heavy atom. The van der Waals surface area contributed by atoms with Crippen molar-refractivity contribution in [1.29, 1.82) is 0 Å². The molecule has 0 aromatic carbocycles. The van der Waals surface area contributed by atoms with E-state index in [4.69, 9.17) is 0 Å². The summed E-state index contributed by atoms with van der Waals surface area (Å²) in [5.41, 5.74) is 0. The third-order valence-electron chi connectivity index (χ3n) is 2.43. The predicted octanol–water partition coefficient (Wildman–Crippen LogP) is -0.192. The molecular formula is C10H21N3O. The maximum Gasteiger partial charge on any atom is 0.234 e. The second-order valence-electron chi connectivity index (χ2n) is 3.73. The molecule has 1 heterocycles. The van der Waals surface area contributed by atoms with Crippen LogP contribution in [0, 0.1) is 0 Å². The van der Waals surface area contributed by atoms with Gasteiger partial charge < -0.3 is 10.6 Å². The van der Waals surface area contributed by atoms with Gasteiger partial charge in [0.15, 0.2) is 0 Å². The summed E-state index contributed by atoms with van der Waals surface area (Å²) in [7, 11) is 0. The first-order valence-corrected chi connectivity index (χ1v) is 5.52. The van der Waals surface area contributed by atoms with Gasteiger partial charge in [-0.25, -0.2) is 0 Å². The highest BCUT2D eigenvalue weighted by Crippen LogP contribution is 1.91. The van der Waals surface area contributed by atoms with E-state index in [0.29, 0.717) is 6.54 Å². The van der Waals surface area contributed by atoms with Crippen LogP contribution in [-0.4, -0.2) is 50.1 Å². The van der Waals surface area contributed by atoms with Crippen molar-refractivity contribution in [3.8, 4) is 0 Å². The molecule has 1 saturated heterocycles. The summed E-state index contributed by atoms with van der Waals surface area (Å²) in [5.74, 6) is 0.167. The largest absolute Gasteiger partial charge is 0.355 e.